The molecular weight excluding hydrogens is 448 g/mol. The summed E-state index contributed by atoms with van der Waals surface area (Å²) in [5.74, 6) is -0.261. The minimum atomic E-state index is -0.261. The molecular formula is C18H23BrN4O2S2. The summed E-state index contributed by atoms with van der Waals surface area (Å²) in [6.45, 7) is 3.53. The minimum Gasteiger partial charge on any atom is -0.462 e. The Kier molecular flexibility index (Phi) is 7.26. The lowest BCUT2D eigenvalue weighted by Gasteiger charge is -2.11. The summed E-state index contributed by atoms with van der Waals surface area (Å²) >= 11 is 10.4. The summed E-state index contributed by atoms with van der Waals surface area (Å²) in [4.78, 5) is 13.8. The van der Waals surface area contributed by atoms with E-state index in [1.807, 2.05) is 17.8 Å². The van der Waals surface area contributed by atoms with Crippen LogP contribution in [0.4, 0.5) is 5.00 Å². The normalized spacial score (nSPS) is 13.6. The first-order valence-electron chi connectivity index (χ1n) is 9.13. The van der Waals surface area contributed by atoms with Gasteiger partial charge in [-0.3, -0.25) is 4.68 Å². The zero-order valence-corrected chi connectivity index (χ0v) is 18.4. The summed E-state index contributed by atoms with van der Waals surface area (Å²) < 4.78 is 8.08. The maximum absolute atomic E-state index is 12.6. The molecule has 0 aliphatic heterocycles. The molecule has 1 aliphatic rings. The number of halogens is 1. The molecule has 9 heteroatoms. The second-order valence-electron chi connectivity index (χ2n) is 6.29. The first-order chi connectivity index (χ1) is 13.1. The largest absolute Gasteiger partial charge is 0.462 e. The van der Waals surface area contributed by atoms with E-state index in [2.05, 4.69) is 31.7 Å². The van der Waals surface area contributed by atoms with E-state index < -0.39 is 0 Å². The van der Waals surface area contributed by atoms with Crippen molar-refractivity contribution in [1.82, 2.24) is 15.1 Å². The van der Waals surface area contributed by atoms with Gasteiger partial charge in [0.2, 0.25) is 0 Å². The third kappa shape index (κ3) is 5.30. The van der Waals surface area contributed by atoms with E-state index in [-0.39, 0.29) is 5.97 Å². The van der Waals surface area contributed by atoms with Gasteiger partial charge in [-0.2, -0.15) is 5.10 Å². The van der Waals surface area contributed by atoms with Gasteiger partial charge < -0.3 is 15.4 Å². The Balaban J connectivity index is 1.67. The number of thiocarbonyl (C=S) groups is 1. The van der Waals surface area contributed by atoms with Crippen molar-refractivity contribution < 1.29 is 9.53 Å². The van der Waals surface area contributed by atoms with E-state index in [4.69, 9.17) is 17.0 Å². The van der Waals surface area contributed by atoms with Crippen LogP contribution in [-0.4, -0.2) is 34.0 Å². The van der Waals surface area contributed by atoms with Gasteiger partial charge in [-0.25, -0.2) is 4.79 Å². The van der Waals surface area contributed by atoms with Crippen molar-refractivity contribution >= 4 is 55.6 Å². The van der Waals surface area contributed by atoms with Crippen molar-refractivity contribution in [3.05, 3.63) is 32.9 Å². The number of nitrogens with zero attached hydrogens (tertiary/aromatic N) is 2. The molecule has 2 aromatic heterocycles. The number of hydrogen-bond acceptors (Lipinski definition) is 5. The average Bonchev–Trinajstić information content (AvgIpc) is 3.10. The Hall–Kier alpha value is -1.45. The molecule has 0 amide bonds. The van der Waals surface area contributed by atoms with Crippen LogP contribution in [-0.2, 0) is 24.1 Å². The Labute approximate surface area is 176 Å². The highest BCUT2D eigenvalue weighted by Crippen LogP contribution is 2.38. The number of carbonyl (C=O) groups is 1. The van der Waals surface area contributed by atoms with E-state index in [0.29, 0.717) is 30.4 Å². The highest BCUT2D eigenvalue weighted by atomic mass is 79.9. The molecule has 0 radical (unpaired) electrons. The van der Waals surface area contributed by atoms with Crippen molar-refractivity contribution in [1.29, 1.82) is 0 Å². The Bertz CT molecular complexity index is 818. The van der Waals surface area contributed by atoms with E-state index in [1.54, 1.807) is 17.5 Å². The number of esters is 1. The van der Waals surface area contributed by atoms with Crippen molar-refractivity contribution in [2.75, 3.05) is 18.5 Å². The maximum atomic E-state index is 12.6. The third-order valence-corrected chi connectivity index (χ3v) is 6.22. The van der Waals surface area contributed by atoms with Gasteiger partial charge in [-0.1, -0.05) is 6.42 Å². The van der Waals surface area contributed by atoms with Gasteiger partial charge in [-0.05, 0) is 66.3 Å². The lowest BCUT2D eigenvalue weighted by molar-refractivity contribution is 0.0527. The quantitative estimate of drug-likeness (QED) is 0.375. The second-order valence-corrected chi connectivity index (χ2v) is 8.72. The molecule has 2 aromatic rings. The molecule has 0 saturated heterocycles. The smallest absolute Gasteiger partial charge is 0.341 e. The predicted octanol–water partition coefficient (Wildman–Crippen LogP) is 4.14. The molecule has 2 N–H and O–H groups in total. The van der Waals surface area contributed by atoms with Crippen LogP contribution >= 0.6 is 39.5 Å². The second kappa shape index (κ2) is 9.66. The number of aryl methyl sites for hydroxylation is 1. The Morgan fingerprint density at radius 3 is 2.96 bits per heavy atom. The van der Waals surface area contributed by atoms with Crippen LogP contribution < -0.4 is 10.6 Å². The van der Waals surface area contributed by atoms with Gasteiger partial charge in [0.1, 0.15) is 5.00 Å². The zero-order chi connectivity index (χ0) is 19.2. The highest BCUT2D eigenvalue weighted by Gasteiger charge is 2.26. The fourth-order valence-electron chi connectivity index (χ4n) is 3.14. The Morgan fingerprint density at radius 1 is 1.41 bits per heavy atom. The Morgan fingerprint density at radius 2 is 2.22 bits per heavy atom. The summed E-state index contributed by atoms with van der Waals surface area (Å²) in [6, 6.07) is 0. The highest BCUT2D eigenvalue weighted by molar-refractivity contribution is 9.10. The van der Waals surface area contributed by atoms with Gasteiger partial charge in [0, 0.05) is 17.6 Å². The van der Waals surface area contributed by atoms with Crippen LogP contribution in [0, 0.1) is 0 Å². The number of aromatic nitrogens is 2. The van der Waals surface area contributed by atoms with Gasteiger partial charge in [0.05, 0.1) is 29.4 Å². The molecule has 0 fully saturated rings. The van der Waals surface area contributed by atoms with Crippen molar-refractivity contribution in [2.24, 2.45) is 0 Å². The van der Waals surface area contributed by atoms with Crippen LogP contribution in [0.3, 0.4) is 0 Å². The average molecular weight is 471 g/mol. The number of hydrogen-bond donors (Lipinski definition) is 2. The number of rotatable bonds is 6. The molecule has 6 nitrogen and oxygen atoms in total. The molecule has 27 heavy (non-hydrogen) atoms. The van der Waals surface area contributed by atoms with Crippen LogP contribution in [0.1, 0.15) is 47.0 Å². The molecule has 0 spiro atoms. The topological polar surface area (TPSA) is 68.2 Å². The molecule has 3 rings (SSSR count). The van der Waals surface area contributed by atoms with Gasteiger partial charge in [-0.15, -0.1) is 11.3 Å². The molecule has 0 aromatic carbocycles. The van der Waals surface area contributed by atoms with E-state index in [1.165, 1.54) is 11.3 Å². The van der Waals surface area contributed by atoms with Gasteiger partial charge in [0.15, 0.2) is 5.11 Å². The molecule has 146 valence electrons. The molecule has 0 bridgehead atoms. The van der Waals surface area contributed by atoms with Crippen LogP contribution in [0.2, 0.25) is 0 Å². The SMILES string of the molecule is CCOC(=O)c1c(NC(=S)NCCn2cc(Br)cn2)sc2c1CCCCC2. The summed E-state index contributed by atoms with van der Waals surface area (Å²) in [7, 11) is 0. The molecule has 0 atom stereocenters. The number of ether oxygens (including phenoxy) is 1. The predicted molar refractivity (Wildman–Crippen MR) is 116 cm³/mol. The summed E-state index contributed by atoms with van der Waals surface area (Å²) in [5.41, 5.74) is 1.81. The van der Waals surface area contributed by atoms with Crippen molar-refractivity contribution in [2.45, 2.75) is 45.6 Å². The number of carbonyl (C=O) groups excluding carboxylic acids is 1. The number of thiophene rings is 1. The third-order valence-electron chi connectivity index (χ3n) is 4.36. The summed E-state index contributed by atoms with van der Waals surface area (Å²) in [5, 5.41) is 11.9. The first-order valence-corrected chi connectivity index (χ1v) is 11.1. The van der Waals surface area contributed by atoms with Crippen molar-refractivity contribution in [3.8, 4) is 0 Å². The van der Waals surface area contributed by atoms with E-state index >= 15 is 0 Å². The lowest BCUT2D eigenvalue weighted by Crippen LogP contribution is -2.31. The number of nitrogens with one attached hydrogen (secondary N) is 2. The first kappa shape index (κ1) is 20.3. The zero-order valence-electron chi connectivity index (χ0n) is 15.2. The molecule has 1 aliphatic carbocycles. The molecule has 2 heterocycles. The van der Waals surface area contributed by atoms with Crippen LogP contribution in [0.25, 0.3) is 0 Å². The maximum Gasteiger partial charge on any atom is 0.341 e. The fourth-order valence-corrected chi connectivity index (χ4v) is 5.02. The summed E-state index contributed by atoms with van der Waals surface area (Å²) in [6.07, 6.45) is 9.08. The fraction of sp³-hybridized carbons (Fsp3) is 0.500. The molecule has 0 saturated carbocycles. The van der Waals surface area contributed by atoms with E-state index in [9.17, 15) is 4.79 Å². The number of fused-ring (bicyclic) bond motifs is 1. The van der Waals surface area contributed by atoms with E-state index in [0.717, 1.165) is 40.7 Å². The van der Waals surface area contributed by atoms with Crippen LogP contribution in [0.15, 0.2) is 16.9 Å². The monoisotopic (exact) mass is 470 g/mol. The molecule has 0 unspecified atom stereocenters. The minimum absolute atomic E-state index is 0.261. The van der Waals surface area contributed by atoms with Gasteiger partial charge in [0.25, 0.3) is 0 Å². The van der Waals surface area contributed by atoms with Gasteiger partial charge >= 0.3 is 5.97 Å². The van der Waals surface area contributed by atoms with Crippen LogP contribution in [0.5, 0.6) is 0 Å². The van der Waals surface area contributed by atoms with Crippen molar-refractivity contribution in [3.63, 3.8) is 0 Å². The number of anilines is 1. The standard InChI is InChI=1S/C18H23BrN4O2S2/c1-2-25-17(24)15-13-6-4-3-5-7-14(13)27-16(15)22-18(26)20-8-9-23-11-12(19)10-21-23/h10-11H,2-9H2,1H3,(H2,20,22,26). The lowest BCUT2D eigenvalue weighted by atomic mass is 10.1.